The van der Waals surface area contributed by atoms with Crippen molar-refractivity contribution < 1.29 is 0 Å². The largest absolute Gasteiger partial charge is 0.0922 e. The predicted molar refractivity (Wildman–Crippen MR) is 75.9 cm³/mol. The smallest absolute Gasteiger partial charge is 0.0439 e. The Morgan fingerprint density at radius 2 is 1.80 bits per heavy atom. The molecule has 0 saturated carbocycles. The van der Waals surface area contributed by atoms with Crippen LogP contribution in [0.15, 0.2) is 18.2 Å². The zero-order valence-corrected chi connectivity index (χ0v) is 13.0. The normalized spacial score (nSPS) is 11.8. The van der Waals surface area contributed by atoms with E-state index in [2.05, 4.69) is 38.8 Å². The van der Waals surface area contributed by atoms with Crippen molar-refractivity contribution in [1.29, 1.82) is 0 Å². The second-order valence-electron chi connectivity index (χ2n) is 3.99. The maximum Gasteiger partial charge on any atom is 0.0439 e. The second-order valence-corrected chi connectivity index (χ2v) is 5.96. The predicted octanol–water partition coefficient (Wildman–Crippen LogP) is 5.33. The van der Waals surface area contributed by atoms with Crippen molar-refractivity contribution in [3.8, 4) is 0 Å². The van der Waals surface area contributed by atoms with Crippen molar-refractivity contribution in [1.82, 2.24) is 0 Å². The molecule has 0 aliphatic carbocycles. The van der Waals surface area contributed by atoms with Crippen molar-refractivity contribution in [3.63, 3.8) is 0 Å². The summed E-state index contributed by atoms with van der Waals surface area (Å²) in [7, 11) is 0. The van der Waals surface area contributed by atoms with E-state index in [9.17, 15) is 0 Å². The van der Waals surface area contributed by atoms with Gasteiger partial charge in [0.2, 0.25) is 0 Å². The van der Waals surface area contributed by atoms with Gasteiger partial charge in [0.05, 0.1) is 0 Å². The minimum absolute atomic E-state index is 0.161. The molecule has 0 radical (unpaired) electrons. The first kappa shape index (κ1) is 13.8. The molecule has 1 aromatic carbocycles. The van der Waals surface area contributed by atoms with Gasteiger partial charge in [-0.1, -0.05) is 62.0 Å². The Bertz CT molecular complexity index is 335. The van der Waals surface area contributed by atoms with Gasteiger partial charge in [0.25, 0.3) is 0 Å². The fourth-order valence-corrected chi connectivity index (χ4v) is 2.97. The summed E-state index contributed by atoms with van der Waals surface area (Å²) >= 11 is 19.1. The first-order valence-electron chi connectivity index (χ1n) is 4.56. The highest BCUT2D eigenvalue weighted by atomic mass is 79.9. The minimum atomic E-state index is 0.161. The fourth-order valence-electron chi connectivity index (χ4n) is 1.27. The van der Waals surface area contributed by atoms with Gasteiger partial charge in [-0.2, -0.15) is 0 Å². The van der Waals surface area contributed by atoms with Crippen LogP contribution in [-0.2, 0) is 6.42 Å². The van der Waals surface area contributed by atoms with Gasteiger partial charge in [0.15, 0.2) is 0 Å². The zero-order valence-electron chi connectivity index (χ0n) is 8.37. The maximum absolute atomic E-state index is 6.13. The van der Waals surface area contributed by atoms with Crippen molar-refractivity contribution in [2.75, 3.05) is 10.7 Å². The molecule has 0 bridgehead atoms. The summed E-state index contributed by atoms with van der Waals surface area (Å²) in [5.74, 6) is 0. The van der Waals surface area contributed by atoms with Crippen LogP contribution >= 0.6 is 55.1 Å². The lowest BCUT2D eigenvalue weighted by molar-refractivity contribution is 0.439. The van der Waals surface area contributed by atoms with E-state index < -0.39 is 0 Å². The highest BCUT2D eigenvalue weighted by Crippen LogP contribution is 2.31. The lowest BCUT2D eigenvalue weighted by atomic mass is 9.88. The Hall–Kier alpha value is 0.760. The molecule has 84 valence electrons. The Morgan fingerprint density at radius 1 is 1.20 bits per heavy atom. The highest BCUT2D eigenvalue weighted by Gasteiger charge is 2.23. The molecular weight excluding hydrogens is 363 g/mol. The average Bonchev–Trinajstić information content (AvgIpc) is 2.23. The Kier molecular flexibility index (Phi) is 5.44. The van der Waals surface area contributed by atoms with Crippen LogP contribution in [0, 0.1) is 5.41 Å². The van der Waals surface area contributed by atoms with E-state index in [1.54, 1.807) is 0 Å². The summed E-state index contributed by atoms with van der Waals surface area (Å²) in [6.45, 7) is 2.20. The van der Waals surface area contributed by atoms with E-state index >= 15 is 0 Å². The van der Waals surface area contributed by atoms with Crippen molar-refractivity contribution in [2.45, 2.75) is 13.3 Å². The van der Waals surface area contributed by atoms with Gasteiger partial charge in [-0.15, -0.1) is 0 Å². The summed E-state index contributed by atoms with van der Waals surface area (Å²) in [6, 6.07) is 5.60. The lowest BCUT2D eigenvalue weighted by Crippen LogP contribution is -2.23. The monoisotopic (exact) mass is 372 g/mol. The maximum atomic E-state index is 6.13. The molecule has 1 rings (SSSR count). The molecule has 0 spiro atoms. The second kappa shape index (κ2) is 5.90. The molecule has 0 unspecified atom stereocenters. The third-order valence-electron chi connectivity index (χ3n) is 2.27. The van der Waals surface area contributed by atoms with Gasteiger partial charge in [0.1, 0.15) is 0 Å². The first-order chi connectivity index (χ1) is 7.00. The van der Waals surface area contributed by atoms with E-state index in [4.69, 9.17) is 23.2 Å². The van der Waals surface area contributed by atoms with E-state index in [1.807, 2.05) is 18.2 Å². The lowest BCUT2D eigenvalue weighted by Gasteiger charge is -2.25. The van der Waals surface area contributed by atoms with Crippen LogP contribution in [0.1, 0.15) is 12.5 Å². The van der Waals surface area contributed by atoms with Gasteiger partial charge in [-0.3, -0.25) is 0 Å². The van der Waals surface area contributed by atoms with Gasteiger partial charge in [-0.05, 0) is 35.6 Å². The molecule has 0 amide bonds. The van der Waals surface area contributed by atoms with E-state index in [0.717, 1.165) is 32.7 Å². The third-order valence-corrected chi connectivity index (χ3v) is 5.58. The van der Waals surface area contributed by atoms with E-state index in [0.29, 0.717) is 0 Å². The molecule has 0 aliphatic heterocycles. The van der Waals surface area contributed by atoms with Gasteiger partial charge in [0, 0.05) is 20.7 Å². The number of rotatable bonds is 4. The standard InChI is InChI=1S/C11H12Br2Cl2/c1-11(6-12,7-13)5-8-4-9(14)2-3-10(8)15/h2-4H,5-7H2,1H3. The van der Waals surface area contributed by atoms with Gasteiger partial charge in [-0.25, -0.2) is 0 Å². The number of benzene rings is 1. The quantitative estimate of drug-likeness (QED) is 0.624. The van der Waals surface area contributed by atoms with E-state index in [1.165, 1.54) is 0 Å². The van der Waals surface area contributed by atoms with Crippen LogP contribution in [0.2, 0.25) is 10.0 Å². The van der Waals surface area contributed by atoms with Crippen molar-refractivity contribution in [2.24, 2.45) is 5.41 Å². The number of halogens is 4. The molecular formula is C11H12Br2Cl2. The molecule has 0 aromatic heterocycles. The molecule has 0 heterocycles. The summed E-state index contributed by atoms with van der Waals surface area (Å²) < 4.78 is 0. The first-order valence-corrected chi connectivity index (χ1v) is 7.56. The van der Waals surface area contributed by atoms with Crippen LogP contribution in [0.5, 0.6) is 0 Å². The average molecular weight is 375 g/mol. The topological polar surface area (TPSA) is 0 Å². The van der Waals surface area contributed by atoms with Crippen LogP contribution in [0.25, 0.3) is 0 Å². The van der Waals surface area contributed by atoms with Crippen molar-refractivity contribution >= 4 is 55.1 Å². The molecule has 0 N–H and O–H groups in total. The van der Waals surface area contributed by atoms with Gasteiger partial charge >= 0.3 is 0 Å². The van der Waals surface area contributed by atoms with E-state index in [-0.39, 0.29) is 5.41 Å². The third kappa shape index (κ3) is 3.92. The Labute approximate surface area is 118 Å². The van der Waals surface area contributed by atoms with Crippen LogP contribution in [-0.4, -0.2) is 10.7 Å². The Balaban J connectivity index is 2.92. The summed E-state index contributed by atoms with van der Waals surface area (Å²) in [4.78, 5) is 0. The number of hydrogen-bond acceptors (Lipinski definition) is 0. The highest BCUT2D eigenvalue weighted by molar-refractivity contribution is 9.09. The summed E-state index contributed by atoms with van der Waals surface area (Å²) in [6.07, 6.45) is 0.906. The SMILES string of the molecule is CC(CBr)(CBr)Cc1cc(Cl)ccc1Cl. The zero-order chi connectivity index (χ0) is 11.5. The molecule has 4 heteroatoms. The minimum Gasteiger partial charge on any atom is -0.0922 e. The molecule has 15 heavy (non-hydrogen) atoms. The summed E-state index contributed by atoms with van der Waals surface area (Å²) in [5, 5.41) is 3.37. The fraction of sp³-hybridized carbons (Fsp3) is 0.455. The van der Waals surface area contributed by atoms with Crippen LogP contribution in [0.4, 0.5) is 0 Å². The van der Waals surface area contributed by atoms with Crippen LogP contribution in [0.3, 0.4) is 0 Å². The van der Waals surface area contributed by atoms with Gasteiger partial charge < -0.3 is 0 Å². The molecule has 0 aliphatic rings. The molecule has 0 fully saturated rings. The molecule has 0 nitrogen and oxygen atoms in total. The Morgan fingerprint density at radius 3 is 2.33 bits per heavy atom. The molecule has 0 saturated heterocycles. The molecule has 0 atom stereocenters. The van der Waals surface area contributed by atoms with Crippen molar-refractivity contribution in [3.05, 3.63) is 33.8 Å². The van der Waals surface area contributed by atoms with Crippen LogP contribution < -0.4 is 0 Å². The number of hydrogen-bond donors (Lipinski definition) is 0. The summed E-state index contributed by atoms with van der Waals surface area (Å²) in [5.41, 5.74) is 1.26. The number of alkyl halides is 2. The molecule has 1 aromatic rings.